The lowest BCUT2D eigenvalue weighted by molar-refractivity contribution is 0.137. The van der Waals surface area contributed by atoms with Gasteiger partial charge in [-0.25, -0.2) is 4.98 Å². The summed E-state index contributed by atoms with van der Waals surface area (Å²) in [7, 11) is 0. The van der Waals surface area contributed by atoms with Gasteiger partial charge in [-0.05, 0) is 12.1 Å². The number of nitrogens with zero attached hydrogens (tertiary/aromatic N) is 3. The lowest BCUT2D eigenvalue weighted by Crippen LogP contribution is -2.61. The highest BCUT2D eigenvalue weighted by Crippen LogP contribution is 2.23. The molecule has 3 rings (SSSR count). The minimum atomic E-state index is 0.747. The Balaban J connectivity index is 1.63. The highest BCUT2D eigenvalue weighted by atomic mass is 35.5. The van der Waals surface area contributed by atoms with Crippen LogP contribution >= 0.6 is 11.6 Å². The molecule has 0 unspecified atom stereocenters. The maximum Gasteiger partial charge on any atom is 0.147 e. The summed E-state index contributed by atoms with van der Waals surface area (Å²) in [6.45, 7) is 6.55. The van der Waals surface area contributed by atoms with Crippen molar-refractivity contribution in [1.82, 2.24) is 15.2 Å². The first kappa shape index (κ1) is 11.3. The molecule has 2 aliphatic rings. The van der Waals surface area contributed by atoms with Gasteiger partial charge in [-0.1, -0.05) is 11.6 Å². The molecule has 3 heterocycles. The Hall–Kier alpha value is -0.840. The van der Waals surface area contributed by atoms with Crippen molar-refractivity contribution in [2.24, 2.45) is 0 Å². The Labute approximate surface area is 107 Å². The van der Waals surface area contributed by atoms with Crippen LogP contribution in [0.3, 0.4) is 0 Å². The first-order valence-corrected chi connectivity index (χ1v) is 6.52. The smallest absolute Gasteiger partial charge is 0.147 e. The van der Waals surface area contributed by atoms with Crippen LogP contribution < -0.4 is 10.2 Å². The minimum Gasteiger partial charge on any atom is -0.353 e. The van der Waals surface area contributed by atoms with Gasteiger partial charge in [0.2, 0.25) is 0 Å². The number of halogens is 1. The third-order valence-corrected chi connectivity index (χ3v) is 3.92. The number of pyridine rings is 1. The van der Waals surface area contributed by atoms with E-state index in [0.29, 0.717) is 0 Å². The molecule has 0 bridgehead atoms. The molecule has 2 fully saturated rings. The monoisotopic (exact) mass is 252 g/mol. The van der Waals surface area contributed by atoms with Gasteiger partial charge in [0, 0.05) is 51.5 Å². The summed E-state index contributed by atoms with van der Waals surface area (Å²) in [5, 5.41) is 4.08. The van der Waals surface area contributed by atoms with Crippen LogP contribution in [-0.4, -0.2) is 55.2 Å². The minimum absolute atomic E-state index is 0.747. The molecule has 2 aliphatic heterocycles. The van der Waals surface area contributed by atoms with Crippen molar-refractivity contribution in [2.75, 3.05) is 44.2 Å². The average Bonchev–Trinajstić information content (AvgIpc) is 2.29. The van der Waals surface area contributed by atoms with E-state index in [-0.39, 0.29) is 0 Å². The number of hydrogen-bond acceptors (Lipinski definition) is 4. The second kappa shape index (κ2) is 4.80. The average molecular weight is 253 g/mol. The Morgan fingerprint density at radius 1 is 1.24 bits per heavy atom. The van der Waals surface area contributed by atoms with Gasteiger partial charge < -0.3 is 10.2 Å². The molecular formula is C12H17ClN4. The standard InChI is InChI=1S/C12H17ClN4/c13-11-2-1-3-15-12(11)17-6-4-16(5-7-17)10-8-14-9-10/h1-3,10,14H,4-9H2. The van der Waals surface area contributed by atoms with Crippen LogP contribution in [-0.2, 0) is 0 Å². The highest BCUT2D eigenvalue weighted by molar-refractivity contribution is 6.32. The summed E-state index contributed by atoms with van der Waals surface area (Å²) in [5.74, 6) is 0.931. The van der Waals surface area contributed by atoms with Crippen LogP contribution in [0.1, 0.15) is 0 Å². The lowest BCUT2D eigenvalue weighted by atomic mass is 10.1. The number of nitrogens with one attached hydrogen (secondary N) is 1. The van der Waals surface area contributed by atoms with Crippen LogP contribution in [0.4, 0.5) is 5.82 Å². The second-order valence-electron chi connectivity index (χ2n) is 4.64. The van der Waals surface area contributed by atoms with E-state index in [0.717, 1.165) is 56.2 Å². The summed E-state index contributed by atoms with van der Waals surface area (Å²) in [6.07, 6.45) is 1.81. The van der Waals surface area contributed by atoms with Crippen LogP contribution in [0, 0.1) is 0 Å². The molecule has 0 aliphatic carbocycles. The largest absolute Gasteiger partial charge is 0.353 e. The van der Waals surface area contributed by atoms with Gasteiger partial charge >= 0.3 is 0 Å². The van der Waals surface area contributed by atoms with Crippen LogP contribution in [0.2, 0.25) is 5.02 Å². The van der Waals surface area contributed by atoms with Crippen LogP contribution in [0.5, 0.6) is 0 Å². The topological polar surface area (TPSA) is 31.4 Å². The van der Waals surface area contributed by atoms with E-state index in [1.807, 2.05) is 18.3 Å². The fraction of sp³-hybridized carbons (Fsp3) is 0.583. The highest BCUT2D eigenvalue weighted by Gasteiger charge is 2.28. The zero-order valence-corrected chi connectivity index (χ0v) is 10.5. The predicted molar refractivity (Wildman–Crippen MR) is 69.7 cm³/mol. The number of aromatic nitrogens is 1. The number of piperazine rings is 1. The molecule has 1 aromatic rings. The molecule has 17 heavy (non-hydrogen) atoms. The Kier molecular flexibility index (Phi) is 3.18. The zero-order valence-electron chi connectivity index (χ0n) is 9.77. The number of anilines is 1. The fourth-order valence-electron chi connectivity index (χ4n) is 2.44. The first-order chi connectivity index (χ1) is 8.34. The van der Waals surface area contributed by atoms with Gasteiger partial charge in [-0.15, -0.1) is 0 Å². The molecule has 5 heteroatoms. The van der Waals surface area contributed by atoms with Gasteiger partial charge in [-0.3, -0.25) is 4.90 Å². The Morgan fingerprint density at radius 3 is 2.59 bits per heavy atom. The van der Waals surface area contributed by atoms with Gasteiger partial charge in [-0.2, -0.15) is 0 Å². The predicted octanol–water partition coefficient (Wildman–Crippen LogP) is 0.829. The normalized spacial score (nSPS) is 22.5. The molecular weight excluding hydrogens is 236 g/mol. The van der Waals surface area contributed by atoms with E-state index in [1.165, 1.54) is 0 Å². The quantitative estimate of drug-likeness (QED) is 0.845. The summed E-state index contributed by atoms with van der Waals surface area (Å²) in [6, 6.07) is 4.53. The van der Waals surface area contributed by atoms with Crippen molar-refractivity contribution in [2.45, 2.75) is 6.04 Å². The van der Waals surface area contributed by atoms with Gasteiger partial charge in [0.1, 0.15) is 5.82 Å². The summed E-state index contributed by atoms with van der Waals surface area (Å²) in [4.78, 5) is 9.21. The van der Waals surface area contributed by atoms with Crippen molar-refractivity contribution in [3.63, 3.8) is 0 Å². The molecule has 92 valence electrons. The molecule has 0 atom stereocenters. The summed E-state index contributed by atoms with van der Waals surface area (Å²) >= 11 is 6.17. The molecule has 2 saturated heterocycles. The maximum absolute atomic E-state index is 6.17. The Morgan fingerprint density at radius 2 is 2.00 bits per heavy atom. The van der Waals surface area contributed by atoms with Gasteiger partial charge in [0.25, 0.3) is 0 Å². The molecule has 1 N–H and O–H groups in total. The van der Waals surface area contributed by atoms with E-state index >= 15 is 0 Å². The maximum atomic E-state index is 6.17. The van der Waals surface area contributed by atoms with Crippen LogP contribution in [0.25, 0.3) is 0 Å². The molecule has 1 aromatic heterocycles. The van der Waals surface area contributed by atoms with E-state index in [4.69, 9.17) is 11.6 Å². The molecule has 0 aromatic carbocycles. The lowest BCUT2D eigenvalue weighted by Gasteiger charge is -2.43. The van der Waals surface area contributed by atoms with E-state index < -0.39 is 0 Å². The third kappa shape index (κ3) is 2.25. The zero-order chi connectivity index (χ0) is 11.7. The van der Waals surface area contributed by atoms with E-state index in [9.17, 15) is 0 Å². The SMILES string of the molecule is Clc1cccnc1N1CCN(C2CNC2)CC1. The fourth-order valence-corrected chi connectivity index (χ4v) is 2.68. The van der Waals surface area contributed by atoms with Crippen molar-refractivity contribution in [3.8, 4) is 0 Å². The second-order valence-corrected chi connectivity index (χ2v) is 5.05. The summed E-state index contributed by atoms with van der Waals surface area (Å²) < 4.78 is 0. The van der Waals surface area contributed by atoms with Crippen molar-refractivity contribution in [1.29, 1.82) is 0 Å². The molecule has 0 saturated carbocycles. The van der Waals surface area contributed by atoms with Gasteiger partial charge in [0.05, 0.1) is 5.02 Å². The van der Waals surface area contributed by atoms with E-state index in [2.05, 4.69) is 20.1 Å². The van der Waals surface area contributed by atoms with Crippen molar-refractivity contribution < 1.29 is 0 Å². The number of hydrogen-bond donors (Lipinski definition) is 1. The Bertz CT molecular complexity index is 386. The van der Waals surface area contributed by atoms with E-state index in [1.54, 1.807) is 0 Å². The molecule has 4 nitrogen and oxygen atoms in total. The van der Waals surface area contributed by atoms with Crippen LogP contribution in [0.15, 0.2) is 18.3 Å². The van der Waals surface area contributed by atoms with Crippen molar-refractivity contribution in [3.05, 3.63) is 23.4 Å². The third-order valence-electron chi connectivity index (χ3n) is 3.63. The first-order valence-electron chi connectivity index (χ1n) is 6.15. The van der Waals surface area contributed by atoms with Crippen molar-refractivity contribution >= 4 is 17.4 Å². The molecule has 0 amide bonds. The molecule has 0 spiro atoms. The number of rotatable bonds is 2. The molecule has 0 radical (unpaired) electrons. The van der Waals surface area contributed by atoms with Gasteiger partial charge in [0.15, 0.2) is 0 Å². The summed E-state index contributed by atoms with van der Waals surface area (Å²) in [5.41, 5.74) is 0.